The molecular formula is C15H22BrNO. The van der Waals surface area contributed by atoms with Crippen molar-refractivity contribution in [1.29, 1.82) is 0 Å². The lowest BCUT2D eigenvalue weighted by Crippen LogP contribution is -2.34. The summed E-state index contributed by atoms with van der Waals surface area (Å²) in [5, 5.41) is 4.05. The first-order valence-electron chi connectivity index (χ1n) is 6.36. The number of hydrogen-bond acceptors (Lipinski definition) is 1. The Bertz CT molecular complexity index is 401. The van der Waals surface area contributed by atoms with Gasteiger partial charge in [-0.2, -0.15) is 0 Å². The van der Waals surface area contributed by atoms with E-state index in [4.69, 9.17) is 0 Å². The minimum Gasteiger partial charge on any atom is -0.351 e. The van der Waals surface area contributed by atoms with Gasteiger partial charge >= 0.3 is 0 Å². The van der Waals surface area contributed by atoms with Crippen LogP contribution < -0.4 is 5.32 Å². The number of rotatable bonds is 6. The van der Waals surface area contributed by atoms with Crippen molar-refractivity contribution in [3.63, 3.8) is 0 Å². The van der Waals surface area contributed by atoms with E-state index >= 15 is 0 Å². The monoisotopic (exact) mass is 311 g/mol. The van der Waals surface area contributed by atoms with Crippen LogP contribution in [0.5, 0.6) is 0 Å². The summed E-state index contributed by atoms with van der Waals surface area (Å²) in [4.78, 5) is 12.1. The number of hydrogen-bond donors (Lipinski definition) is 1. The van der Waals surface area contributed by atoms with Crippen molar-refractivity contribution in [2.45, 2.75) is 33.6 Å². The van der Waals surface area contributed by atoms with Gasteiger partial charge in [0.25, 0.3) is 5.91 Å². The average molecular weight is 312 g/mol. The van der Waals surface area contributed by atoms with E-state index in [1.807, 2.05) is 31.2 Å². The van der Waals surface area contributed by atoms with Crippen molar-refractivity contribution in [2.24, 2.45) is 5.41 Å². The predicted octanol–water partition coefficient (Wildman–Crippen LogP) is 3.93. The maximum absolute atomic E-state index is 12.1. The molecule has 1 N–H and O–H groups in total. The highest BCUT2D eigenvalue weighted by molar-refractivity contribution is 9.09. The summed E-state index contributed by atoms with van der Waals surface area (Å²) in [5.41, 5.74) is 1.94. The van der Waals surface area contributed by atoms with Crippen LogP contribution in [-0.2, 0) is 0 Å². The Hall–Kier alpha value is -0.830. The van der Waals surface area contributed by atoms with Gasteiger partial charge in [0.05, 0.1) is 0 Å². The highest BCUT2D eigenvalue weighted by Crippen LogP contribution is 2.21. The first kappa shape index (κ1) is 15.2. The summed E-state index contributed by atoms with van der Waals surface area (Å²) in [7, 11) is 0. The van der Waals surface area contributed by atoms with Gasteiger partial charge in [0.15, 0.2) is 0 Å². The van der Waals surface area contributed by atoms with Gasteiger partial charge in [-0.25, -0.2) is 0 Å². The topological polar surface area (TPSA) is 29.1 Å². The van der Waals surface area contributed by atoms with Crippen molar-refractivity contribution in [3.05, 3.63) is 35.4 Å². The molecule has 0 aliphatic heterocycles. The molecule has 0 unspecified atom stereocenters. The summed E-state index contributed by atoms with van der Waals surface area (Å²) in [6.07, 6.45) is 2.24. The molecule has 0 heterocycles. The van der Waals surface area contributed by atoms with Gasteiger partial charge in [0.1, 0.15) is 0 Å². The predicted molar refractivity (Wildman–Crippen MR) is 80.3 cm³/mol. The van der Waals surface area contributed by atoms with Crippen molar-refractivity contribution in [3.8, 4) is 0 Å². The molecule has 0 bridgehead atoms. The van der Waals surface area contributed by atoms with E-state index in [-0.39, 0.29) is 11.3 Å². The van der Waals surface area contributed by atoms with Crippen LogP contribution >= 0.6 is 15.9 Å². The molecule has 1 rings (SSSR count). The molecule has 1 aromatic rings. The van der Waals surface area contributed by atoms with E-state index in [0.717, 1.165) is 29.3 Å². The van der Waals surface area contributed by atoms with Crippen molar-refractivity contribution in [2.75, 3.05) is 11.9 Å². The minimum absolute atomic E-state index is 0.0278. The zero-order valence-electron chi connectivity index (χ0n) is 11.4. The molecule has 18 heavy (non-hydrogen) atoms. The summed E-state index contributed by atoms with van der Waals surface area (Å²) < 4.78 is 0. The van der Waals surface area contributed by atoms with Crippen molar-refractivity contribution >= 4 is 21.8 Å². The first-order chi connectivity index (χ1) is 8.46. The van der Waals surface area contributed by atoms with Gasteiger partial charge in [0, 0.05) is 17.4 Å². The molecule has 0 aliphatic carbocycles. The molecule has 1 amide bonds. The molecule has 0 aromatic heterocycles. The standard InChI is InChI=1S/C15H22BrNO/c1-12-7-4-5-8-13(12)14(18)17-11-15(2,3)9-6-10-16/h4-5,7-8H,6,9-11H2,1-3H3,(H,17,18). The third-order valence-electron chi connectivity index (χ3n) is 3.10. The van der Waals surface area contributed by atoms with E-state index < -0.39 is 0 Å². The number of carbonyl (C=O) groups is 1. The Balaban J connectivity index is 2.54. The van der Waals surface area contributed by atoms with Crippen LogP contribution in [0.15, 0.2) is 24.3 Å². The Morgan fingerprint density at radius 1 is 1.33 bits per heavy atom. The van der Waals surface area contributed by atoms with E-state index in [0.29, 0.717) is 6.54 Å². The Morgan fingerprint density at radius 2 is 2.00 bits per heavy atom. The quantitative estimate of drug-likeness (QED) is 0.792. The Kier molecular flexibility index (Phi) is 5.86. The van der Waals surface area contributed by atoms with Crippen LogP contribution in [-0.4, -0.2) is 17.8 Å². The highest BCUT2D eigenvalue weighted by Gasteiger charge is 2.19. The normalized spacial score (nSPS) is 11.3. The largest absolute Gasteiger partial charge is 0.351 e. The van der Waals surface area contributed by atoms with Gasteiger partial charge in [-0.3, -0.25) is 4.79 Å². The summed E-state index contributed by atoms with van der Waals surface area (Å²) in [5.74, 6) is 0.0278. The van der Waals surface area contributed by atoms with Crippen LogP contribution in [0.4, 0.5) is 0 Å². The summed E-state index contributed by atoms with van der Waals surface area (Å²) in [6.45, 7) is 7.06. The highest BCUT2D eigenvalue weighted by atomic mass is 79.9. The number of benzene rings is 1. The molecule has 0 aliphatic rings. The van der Waals surface area contributed by atoms with Gasteiger partial charge < -0.3 is 5.32 Å². The van der Waals surface area contributed by atoms with E-state index in [1.54, 1.807) is 0 Å². The molecule has 0 atom stereocenters. The van der Waals surface area contributed by atoms with Crippen LogP contribution in [0.1, 0.15) is 42.6 Å². The number of carbonyl (C=O) groups excluding carboxylic acids is 1. The van der Waals surface area contributed by atoms with E-state index in [1.165, 1.54) is 0 Å². The fraction of sp³-hybridized carbons (Fsp3) is 0.533. The van der Waals surface area contributed by atoms with Crippen LogP contribution in [0, 0.1) is 12.3 Å². The van der Waals surface area contributed by atoms with Gasteiger partial charge in [0.2, 0.25) is 0 Å². The summed E-state index contributed by atoms with van der Waals surface area (Å²) >= 11 is 3.44. The molecule has 0 radical (unpaired) electrons. The molecule has 0 fully saturated rings. The summed E-state index contributed by atoms with van der Waals surface area (Å²) in [6, 6.07) is 7.69. The fourth-order valence-corrected chi connectivity index (χ4v) is 2.16. The molecule has 0 saturated carbocycles. The zero-order chi connectivity index (χ0) is 13.6. The Labute approximate surface area is 118 Å². The van der Waals surface area contributed by atoms with Gasteiger partial charge in [-0.15, -0.1) is 0 Å². The lowest BCUT2D eigenvalue weighted by atomic mass is 9.88. The molecule has 0 saturated heterocycles. The maximum Gasteiger partial charge on any atom is 0.251 e. The molecule has 1 aromatic carbocycles. The molecule has 0 spiro atoms. The number of aryl methyl sites for hydroxylation is 1. The van der Waals surface area contributed by atoms with E-state index in [2.05, 4.69) is 35.1 Å². The molecule has 100 valence electrons. The van der Waals surface area contributed by atoms with Crippen LogP contribution in [0.25, 0.3) is 0 Å². The lowest BCUT2D eigenvalue weighted by Gasteiger charge is -2.24. The second-order valence-corrected chi connectivity index (χ2v) is 6.25. The first-order valence-corrected chi connectivity index (χ1v) is 7.48. The van der Waals surface area contributed by atoms with Crippen molar-refractivity contribution in [1.82, 2.24) is 5.32 Å². The SMILES string of the molecule is Cc1ccccc1C(=O)NCC(C)(C)CCCBr. The van der Waals surface area contributed by atoms with Gasteiger partial charge in [-0.05, 0) is 36.8 Å². The number of nitrogens with one attached hydrogen (secondary N) is 1. The number of alkyl halides is 1. The average Bonchev–Trinajstić information content (AvgIpc) is 2.34. The fourth-order valence-electron chi connectivity index (χ4n) is 1.88. The van der Waals surface area contributed by atoms with E-state index in [9.17, 15) is 4.79 Å². The zero-order valence-corrected chi connectivity index (χ0v) is 13.0. The molecular weight excluding hydrogens is 290 g/mol. The third-order valence-corrected chi connectivity index (χ3v) is 3.67. The second kappa shape index (κ2) is 6.93. The minimum atomic E-state index is 0.0278. The molecule has 3 heteroatoms. The number of amides is 1. The second-order valence-electron chi connectivity index (χ2n) is 5.45. The van der Waals surface area contributed by atoms with Gasteiger partial charge in [-0.1, -0.05) is 48.0 Å². The van der Waals surface area contributed by atoms with Crippen molar-refractivity contribution < 1.29 is 4.79 Å². The maximum atomic E-state index is 12.1. The Morgan fingerprint density at radius 3 is 2.61 bits per heavy atom. The van der Waals surface area contributed by atoms with Crippen LogP contribution in [0.2, 0.25) is 0 Å². The van der Waals surface area contributed by atoms with Crippen LogP contribution in [0.3, 0.4) is 0 Å². The lowest BCUT2D eigenvalue weighted by molar-refractivity contribution is 0.0934. The molecule has 2 nitrogen and oxygen atoms in total. The third kappa shape index (κ3) is 4.81. The number of halogens is 1. The smallest absolute Gasteiger partial charge is 0.251 e.